The number of hydrogen-bond donors (Lipinski definition) is 0. The number of benzene rings is 11. The smallest absolute Gasteiger partial charge is 0.0645 e. The largest absolute Gasteiger partial charge is 0.310 e. The molecule has 0 radical (unpaired) electrons. The first-order valence-electron chi connectivity index (χ1n) is 22.0. The van der Waals surface area contributed by atoms with Gasteiger partial charge in [0.15, 0.2) is 0 Å². The summed E-state index contributed by atoms with van der Waals surface area (Å²) in [6.45, 7) is 0. The maximum absolute atomic E-state index is 9.73. The van der Waals surface area contributed by atoms with Gasteiger partial charge in [0.05, 0.1) is 11.2 Å². The zero-order valence-corrected chi connectivity index (χ0v) is 32.2. The summed E-state index contributed by atoms with van der Waals surface area (Å²) < 4.78 is 38.5. The average Bonchev–Trinajstić information content (AvgIpc) is 3.35. The molecule has 11 aromatic carbocycles. The molecule has 59 heavy (non-hydrogen) atoms. The van der Waals surface area contributed by atoms with Gasteiger partial charge in [-0.15, -0.1) is 0 Å². The van der Waals surface area contributed by atoms with Crippen molar-refractivity contribution in [1.29, 1.82) is 0 Å². The number of anilines is 3. The molecule has 0 amide bonds. The highest BCUT2D eigenvalue weighted by atomic mass is 15.1. The SMILES string of the molecule is [2H]c1c([2H])c(N(c2ccc(-c3c(-c4ccccc4)c4ccccc4c4ccccc34)cc2)c2cc3ccccc3c3ccccc23)c([2H])c([2H])c1-c1ccc(-c2ccccc2)cc1. The number of fused-ring (bicyclic) bond motifs is 6. The fourth-order valence-corrected chi connectivity index (χ4v) is 8.75. The second kappa shape index (κ2) is 14.6. The molecule has 0 aliphatic rings. The molecule has 0 atom stereocenters. The van der Waals surface area contributed by atoms with Gasteiger partial charge in [-0.1, -0.05) is 206 Å². The third-order valence-electron chi connectivity index (χ3n) is 11.5. The number of hydrogen-bond acceptors (Lipinski definition) is 1. The van der Waals surface area contributed by atoms with Gasteiger partial charge >= 0.3 is 0 Å². The number of nitrogens with zero attached hydrogens (tertiary/aromatic N) is 1. The van der Waals surface area contributed by atoms with Crippen molar-refractivity contribution in [1.82, 2.24) is 0 Å². The van der Waals surface area contributed by atoms with Crippen LogP contribution in [-0.2, 0) is 0 Å². The van der Waals surface area contributed by atoms with E-state index in [-0.39, 0.29) is 35.4 Å². The topological polar surface area (TPSA) is 3.24 Å². The molecule has 0 aromatic heterocycles. The van der Waals surface area contributed by atoms with E-state index in [0.717, 1.165) is 66.0 Å². The van der Waals surface area contributed by atoms with E-state index >= 15 is 0 Å². The van der Waals surface area contributed by atoms with E-state index in [1.807, 2.05) is 89.8 Å². The minimum Gasteiger partial charge on any atom is -0.310 e. The van der Waals surface area contributed by atoms with Crippen LogP contribution in [0.4, 0.5) is 17.1 Å². The van der Waals surface area contributed by atoms with Crippen LogP contribution in [0.5, 0.6) is 0 Å². The fraction of sp³-hybridized carbons (Fsp3) is 0. The first-order chi connectivity index (χ1) is 31.0. The minimum atomic E-state index is -0.119. The van der Waals surface area contributed by atoms with Gasteiger partial charge < -0.3 is 4.90 Å². The highest BCUT2D eigenvalue weighted by molar-refractivity contribution is 6.21. The molecule has 0 unspecified atom stereocenters. The summed E-state index contributed by atoms with van der Waals surface area (Å²) in [4.78, 5) is 1.93. The Morgan fingerprint density at radius 3 is 1.24 bits per heavy atom. The molecule has 0 spiro atoms. The summed E-state index contributed by atoms with van der Waals surface area (Å²) in [5, 5.41) is 8.76. The van der Waals surface area contributed by atoms with Crippen molar-refractivity contribution < 1.29 is 5.48 Å². The molecule has 0 N–H and O–H groups in total. The van der Waals surface area contributed by atoms with Gasteiger partial charge in [-0.25, -0.2) is 0 Å². The predicted molar refractivity (Wildman–Crippen MR) is 253 cm³/mol. The van der Waals surface area contributed by atoms with Gasteiger partial charge in [0.25, 0.3) is 0 Å². The molecule has 1 heteroatoms. The zero-order chi connectivity index (χ0) is 42.6. The van der Waals surface area contributed by atoms with Crippen LogP contribution >= 0.6 is 0 Å². The van der Waals surface area contributed by atoms with E-state index in [9.17, 15) is 5.48 Å². The molecule has 0 fully saturated rings. The molecule has 0 saturated heterocycles. The normalized spacial score (nSPS) is 12.3. The van der Waals surface area contributed by atoms with Gasteiger partial charge in [0, 0.05) is 16.8 Å². The van der Waals surface area contributed by atoms with Crippen molar-refractivity contribution in [2.45, 2.75) is 0 Å². The lowest BCUT2D eigenvalue weighted by Crippen LogP contribution is -2.10. The molecule has 0 aliphatic carbocycles. The highest BCUT2D eigenvalue weighted by Gasteiger charge is 2.20. The van der Waals surface area contributed by atoms with Crippen molar-refractivity contribution in [3.05, 3.63) is 236 Å². The van der Waals surface area contributed by atoms with Gasteiger partial charge in [0.1, 0.15) is 0 Å². The maximum Gasteiger partial charge on any atom is 0.0645 e. The molecule has 0 heterocycles. The average molecular weight is 754 g/mol. The highest BCUT2D eigenvalue weighted by Crippen LogP contribution is 2.47. The molecule has 11 rings (SSSR count). The van der Waals surface area contributed by atoms with Crippen LogP contribution in [0, 0.1) is 0 Å². The Labute approximate surface area is 350 Å². The number of rotatable bonds is 7. The van der Waals surface area contributed by atoms with E-state index in [1.54, 1.807) is 0 Å². The summed E-state index contributed by atoms with van der Waals surface area (Å²) in [5.41, 5.74) is 9.06. The Bertz CT molecular complexity index is 3500. The predicted octanol–water partition coefficient (Wildman–Crippen LogP) is 16.4. The lowest BCUT2D eigenvalue weighted by Gasteiger charge is -2.28. The van der Waals surface area contributed by atoms with Crippen LogP contribution in [0.25, 0.3) is 87.6 Å². The molecule has 1 nitrogen and oxygen atoms in total. The summed E-state index contributed by atoms with van der Waals surface area (Å²) in [6.07, 6.45) is 0. The minimum absolute atomic E-state index is 0.0969. The Hall–Kier alpha value is -7.74. The van der Waals surface area contributed by atoms with Crippen LogP contribution in [0.3, 0.4) is 0 Å². The second-order valence-electron chi connectivity index (χ2n) is 14.9. The lowest BCUT2D eigenvalue weighted by atomic mass is 9.85. The maximum atomic E-state index is 9.73. The molecule has 0 bridgehead atoms. The van der Waals surface area contributed by atoms with E-state index in [1.165, 1.54) is 16.2 Å². The summed E-state index contributed by atoms with van der Waals surface area (Å²) in [5.74, 6) is 0. The summed E-state index contributed by atoms with van der Waals surface area (Å²) in [6, 6.07) is 72.1. The molecule has 0 saturated carbocycles. The van der Waals surface area contributed by atoms with E-state index in [4.69, 9.17) is 0 Å². The van der Waals surface area contributed by atoms with Crippen LogP contribution in [-0.4, -0.2) is 0 Å². The Balaban J connectivity index is 1.14. The molecular formula is C58H39N. The molecule has 0 aliphatic heterocycles. The second-order valence-corrected chi connectivity index (χ2v) is 14.9. The molecule has 11 aromatic rings. The van der Waals surface area contributed by atoms with Crippen LogP contribution in [0.2, 0.25) is 0 Å². The van der Waals surface area contributed by atoms with E-state index in [0.29, 0.717) is 11.3 Å². The van der Waals surface area contributed by atoms with E-state index < -0.39 is 0 Å². The standard InChI is InChI=1S/C58H39N/c1-3-15-40(16-4-1)41-27-29-42(30-28-41)43-31-35-47(36-32-43)59(56-39-46-19-7-8-20-49(46)50-21-9-12-24-53(50)56)48-37-33-45(34-38-48)58-55-26-14-11-23-52(55)51-22-10-13-25-54(51)57(58)44-17-5-2-6-18-44/h1-39H/i31D,32D,35D,36D. The van der Waals surface area contributed by atoms with Crippen molar-refractivity contribution >= 4 is 60.2 Å². The Morgan fingerprint density at radius 2 is 0.661 bits per heavy atom. The van der Waals surface area contributed by atoms with Crippen molar-refractivity contribution in [3.63, 3.8) is 0 Å². The third-order valence-corrected chi connectivity index (χ3v) is 11.5. The fourth-order valence-electron chi connectivity index (χ4n) is 8.75. The quantitative estimate of drug-likeness (QED) is 0.147. The zero-order valence-electron chi connectivity index (χ0n) is 36.2. The first kappa shape index (κ1) is 30.4. The van der Waals surface area contributed by atoms with Crippen molar-refractivity contribution in [2.24, 2.45) is 0 Å². The first-order valence-corrected chi connectivity index (χ1v) is 20.0. The third kappa shape index (κ3) is 6.12. The van der Waals surface area contributed by atoms with Crippen LogP contribution in [0.15, 0.2) is 236 Å². The van der Waals surface area contributed by atoms with Crippen molar-refractivity contribution in [3.8, 4) is 44.5 Å². The molecular weight excluding hydrogens is 711 g/mol. The van der Waals surface area contributed by atoms with Crippen LogP contribution in [0.1, 0.15) is 5.48 Å². The van der Waals surface area contributed by atoms with Gasteiger partial charge in [0.2, 0.25) is 0 Å². The summed E-state index contributed by atoms with van der Waals surface area (Å²) in [7, 11) is 0. The molecule has 276 valence electrons. The Morgan fingerprint density at radius 1 is 0.271 bits per heavy atom. The monoisotopic (exact) mass is 753 g/mol. The van der Waals surface area contributed by atoms with Gasteiger partial charge in [-0.05, 0) is 112 Å². The summed E-state index contributed by atoms with van der Waals surface area (Å²) >= 11 is 0. The van der Waals surface area contributed by atoms with Crippen molar-refractivity contribution in [2.75, 3.05) is 4.90 Å². The van der Waals surface area contributed by atoms with Crippen LogP contribution < -0.4 is 4.90 Å². The van der Waals surface area contributed by atoms with E-state index in [2.05, 4.69) is 127 Å². The van der Waals surface area contributed by atoms with Gasteiger partial charge in [-0.2, -0.15) is 0 Å². The van der Waals surface area contributed by atoms with Gasteiger partial charge in [-0.3, -0.25) is 0 Å². The Kier molecular flexibility index (Phi) is 7.55. The lowest BCUT2D eigenvalue weighted by molar-refractivity contribution is 1.30.